The topological polar surface area (TPSA) is 52.6 Å². The standard InChI is InChI=1S/C12H19F3O4S/c1-5-18-10-6-9(7(2)3)11(8(4)19-10)20(16,17)12(13,14)15/h7,9-10H,5-6H2,1-4H3/t9-,10-/m0/s1. The third kappa shape index (κ3) is 3.28. The van der Waals surface area contributed by atoms with Gasteiger partial charge >= 0.3 is 5.51 Å². The van der Waals surface area contributed by atoms with Gasteiger partial charge in [0.1, 0.15) is 5.76 Å². The smallest absolute Gasteiger partial charge is 0.469 e. The van der Waals surface area contributed by atoms with E-state index in [4.69, 9.17) is 9.47 Å². The molecule has 0 saturated heterocycles. The minimum absolute atomic E-state index is 0.0908. The number of halogens is 3. The Bertz CT molecular complexity index is 479. The molecule has 8 heteroatoms. The summed E-state index contributed by atoms with van der Waals surface area (Å²) >= 11 is 0. The van der Waals surface area contributed by atoms with E-state index in [-0.39, 0.29) is 18.1 Å². The summed E-state index contributed by atoms with van der Waals surface area (Å²) in [6, 6.07) is 0. The maximum absolute atomic E-state index is 12.8. The number of sulfone groups is 1. The van der Waals surface area contributed by atoms with E-state index < -0.39 is 32.5 Å². The zero-order chi connectivity index (χ0) is 15.7. The first-order valence-corrected chi connectivity index (χ1v) is 7.81. The second-order valence-corrected chi connectivity index (χ2v) is 6.87. The Morgan fingerprint density at radius 1 is 1.40 bits per heavy atom. The van der Waals surface area contributed by atoms with E-state index in [0.29, 0.717) is 6.61 Å². The number of hydrogen-bond acceptors (Lipinski definition) is 4. The minimum atomic E-state index is -5.38. The van der Waals surface area contributed by atoms with Crippen LogP contribution in [0.5, 0.6) is 0 Å². The summed E-state index contributed by atoms with van der Waals surface area (Å²) in [6.45, 7) is 6.66. The number of rotatable bonds is 4. The van der Waals surface area contributed by atoms with Gasteiger partial charge in [-0.1, -0.05) is 13.8 Å². The normalized spacial score (nSPS) is 25.0. The van der Waals surface area contributed by atoms with Gasteiger partial charge in [-0.25, -0.2) is 8.42 Å². The SMILES string of the molecule is CCO[C@@H]1C[C@@H](C(C)C)C(S(=O)(=O)C(F)(F)F)=C(C)O1. The van der Waals surface area contributed by atoms with Crippen molar-refractivity contribution in [3.8, 4) is 0 Å². The van der Waals surface area contributed by atoms with Crippen molar-refractivity contribution < 1.29 is 31.1 Å². The van der Waals surface area contributed by atoms with Crippen LogP contribution in [0.2, 0.25) is 0 Å². The van der Waals surface area contributed by atoms with Crippen LogP contribution < -0.4 is 0 Å². The van der Waals surface area contributed by atoms with Crippen LogP contribution >= 0.6 is 0 Å². The molecule has 2 atom stereocenters. The van der Waals surface area contributed by atoms with Gasteiger partial charge in [-0.15, -0.1) is 0 Å². The van der Waals surface area contributed by atoms with Crippen LogP contribution in [0.15, 0.2) is 10.7 Å². The Hall–Kier alpha value is -0.760. The predicted molar refractivity (Wildman–Crippen MR) is 67.1 cm³/mol. The maximum Gasteiger partial charge on any atom is 0.501 e. The quantitative estimate of drug-likeness (QED) is 0.799. The number of hydrogen-bond donors (Lipinski definition) is 0. The van der Waals surface area contributed by atoms with Crippen molar-refractivity contribution in [2.75, 3.05) is 6.61 Å². The number of ether oxygens (including phenoxy) is 2. The van der Waals surface area contributed by atoms with Crippen LogP contribution in [-0.4, -0.2) is 26.8 Å². The lowest BCUT2D eigenvalue weighted by atomic mass is 9.90. The molecule has 0 spiro atoms. The highest BCUT2D eigenvalue weighted by Gasteiger charge is 2.53. The van der Waals surface area contributed by atoms with Crippen molar-refractivity contribution in [2.24, 2.45) is 11.8 Å². The first-order chi connectivity index (χ1) is 9.02. The molecule has 0 aromatic heterocycles. The van der Waals surface area contributed by atoms with E-state index in [1.54, 1.807) is 20.8 Å². The van der Waals surface area contributed by atoms with Gasteiger partial charge in [0.15, 0.2) is 6.29 Å². The lowest BCUT2D eigenvalue weighted by Crippen LogP contribution is -2.37. The van der Waals surface area contributed by atoms with E-state index in [2.05, 4.69) is 0 Å². The van der Waals surface area contributed by atoms with Gasteiger partial charge in [-0.2, -0.15) is 13.2 Å². The Morgan fingerprint density at radius 2 is 1.95 bits per heavy atom. The average Bonchev–Trinajstić information content (AvgIpc) is 2.26. The fourth-order valence-electron chi connectivity index (χ4n) is 2.25. The van der Waals surface area contributed by atoms with Gasteiger partial charge in [0.25, 0.3) is 9.84 Å². The Labute approximate surface area is 116 Å². The molecule has 0 N–H and O–H groups in total. The molecular weight excluding hydrogens is 297 g/mol. The Balaban J connectivity index is 3.30. The van der Waals surface area contributed by atoms with E-state index in [0.717, 1.165) is 0 Å². The molecule has 1 rings (SSSR count). The molecule has 0 amide bonds. The number of alkyl halides is 3. The molecule has 0 aromatic carbocycles. The minimum Gasteiger partial charge on any atom is -0.469 e. The van der Waals surface area contributed by atoms with Crippen molar-refractivity contribution in [3.05, 3.63) is 10.7 Å². The van der Waals surface area contributed by atoms with Gasteiger partial charge in [0, 0.05) is 18.9 Å². The van der Waals surface area contributed by atoms with Crippen molar-refractivity contribution in [1.82, 2.24) is 0 Å². The van der Waals surface area contributed by atoms with Crippen molar-refractivity contribution in [2.45, 2.75) is 45.9 Å². The Kier molecular flexibility index (Phi) is 5.13. The molecule has 0 fully saturated rings. The fourth-order valence-corrected chi connectivity index (χ4v) is 3.70. The van der Waals surface area contributed by atoms with E-state index in [1.165, 1.54) is 6.92 Å². The van der Waals surface area contributed by atoms with Gasteiger partial charge in [0.05, 0.1) is 4.91 Å². The van der Waals surface area contributed by atoms with Crippen molar-refractivity contribution in [3.63, 3.8) is 0 Å². The van der Waals surface area contributed by atoms with E-state index >= 15 is 0 Å². The third-order valence-electron chi connectivity index (χ3n) is 3.19. The Morgan fingerprint density at radius 3 is 2.35 bits per heavy atom. The molecule has 20 heavy (non-hydrogen) atoms. The van der Waals surface area contributed by atoms with Crippen molar-refractivity contribution in [1.29, 1.82) is 0 Å². The highest BCUT2D eigenvalue weighted by molar-refractivity contribution is 7.96. The molecule has 1 aliphatic rings. The summed E-state index contributed by atoms with van der Waals surface area (Å²) in [5, 5.41) is 0. The largest absolute Gasteiger partial charge is 0.501 e. The second-order valence-electron chi connectivity index (χ2n) is 4.96. The summed E-state index contributed by atoms with van der Waals surface area (Å²) in [6.07, 6.45) is -0.618. The van der Waals surface area contributed by atoms with Crippen LogP contribution in [0.4, 0.5) is 13.2 Å². The molecule has 1 heterocycles. The van der Waals surface area contributed by atoms with Crippen LogP contribution in [0.1, 0.15) is 34.1 Å². The molecule has 1 aliphatic heterocycles. The molecule has 0 radical (unpaired) electrons. The first-order valence-electron chi connectivity index (χ1n) is 6.32. The van der Waals surface area contributed by atoms with Gasteiger partial charge < -0.3 is 9.47 Å². The molecular formula is C12H19F3O4S. The molecule has 4 nitrogen and oxygen atoms in total. The summed E-state index contributed by atoms with van der Waals surface area (Å²) in [4.78, 5) is -0.670. The average molecular weight is 316 g/mol. The van der Waals surface area contributed by atoms with Gasteiger partial charge in [0.2, 0.25) is 0 Å². The molecule has 0 aromatic rings. The maximum atomic E-state index is 12.8. The molecule has 0 aliphatic carbocycles. The van der Waals surface area contributed by atoms with Gasteiger partial charge in [-0.3, -0.25) is 0 Å². The lowest BCUT2D eigenvalue weighted by molar-refractivity contribution is -0.133. The highest BCUT2D eigenvalue weighted by atomic mass is 32.2. The lowest BCUT2D eigenvalue weighted by Gasteiger charge is -2.34. The van der Waals surface area contributed by atoms with Crippen LogP contribution in [0, 0.1) is 11.8 Å². The summed E-state index contributed by atoms with van der Waals surface area (Å²) in [5.74, 6) is -1.28. The zero-order valence-electron chi connectivity index (χ0n) is 11.8. The number of allylic oxidation sites excluding steroid dienone is 2. The summed E-state index contributed by atoms with van der Waals surface area (Å²) < 4.78 is 72.1. The molecule has 0 unspecified atom stereocenters. The monoisotopic (exact) mass is 316 g/mol. The van der Waals surface area contributed by atoms with Crippen molar-refractivity contribution >= 4 is 9.84 Å². The van der Waals surface area contributed by atoms with Crippen LogP contribution in [0.3, 0.4) is 0 Å². The third-order valence-corrected chi connectivity index (χ3v) is 4.97. The zero-order valence-corrected chi connectivity index (χ0v) is 12.6. The van der Waals surface area contributed by atoms with E-state index in [1.807, 2.05) is 0 Å². The predicted octanol–water partition coefficient (Wildman–Crippen LogP) is 3.21. The molecule has 0 saturated carbocycles. The highest BCUT2D eigenvalue weighted by Crippen LogP contribution is 2.43. The summed E-state index contributed by atoms with van der Waals surface area (Å²) in [7, 11) is -5.38. The molecule has 118 valence electrons. The fraction of sp³-hybridized carbons (Fsp3) is 0.833. The second kappa shape index (κ2) is 5.93. The van der Waals surface area contributed by atoms with E-state index in [9.17, 15) is 21.6 Å². The first kappa shape index (κ1) is 17.3. The summed E-state index contributed by atoms with van der Waals surface area (Å²) in [5.41, 5.74) is -5.32. The van der Waals surface area contributed by atoms with Gasteiger partial charge in [-0.05, 0) is 19.8 Å². The van der Waals surface area contributed by atoms with Crippen LogP contribution in [-0.2, 0) is 19.3 Å². The molecule has 0 bridgehead atoms. The van der Waals surface area contributed by atoms with Crippen LogP contribution in [0.25, 0.3) is 0 Å².